The summed E-state index contributed by atoms with van der Waals surface area (Å²) in [5.74, 6) is 0.319. The molecule has 0 heterocycles. The van der Waals surface area contributed by atoms with Crippen LogP contribution < -0.4 is 25.6 Å². The van der Waals surface area contributed by atoms with Crippen molar-refractivity contribution >= 4 is 28.9 Å². The van der Waals surface area contributed by atoms with Crippen LogP contribution in [0.2, 0.25) is 0 Å². The van der Waals surface area contributed by atoms with Gasteiger partial charge in [-0.2, -0.15) is 0 Å². The second-order valence-electron chi connectivity index (χ2n) is 6.29. The van der Waals surface area contributed by atoms with Crippen LogP contribution in [0.25, 0.3) is 0 Å². The maximum atomic E-state index is 13.2. The lowest BCUT2D eigenvalue weighted by Gasteiger charge is -2.30. The number of rotatable bonds is 5. The van der Waals surface area contributed by atoms with Crippen LogP contribution in [0.3, 0.4) is 0 Å². The summed E-state index contributed by atoms with van der Waals surface area (Å²) in [5.41, 5.74) is 8.63. The number of hydrogen-bond acceptors (Lipinski definition) is 4. The summed E-state index contributed by atoms with van der Waals surface area (Å²) in [5, 5.41) is 1.16. The maximum absolute atomic E-state index is 13.2. The Balaban J connectivity index is 2.31. The minimum absolute atomic E-state index is 0.0712. The van der Waals surface area contributed by atoms with Crippen LogP contribution in [0, 0.1) is 5.82 Å². The van der Waals surface area contributed by atoms with Crippen LogP contribution >= 0.6 is 12.2 Å². The summed E-state index contributed by atoms with van der Waals surface area (Å²) in [6.07, 6.45) is 0. The molecule has 27 heavy (non-hydrogen) atoms. The number of hydrazine groups is 1. The standard InChI is InChI=1S/C19H22FN3O3S/c1-19(2,12-5-10-15(25-3)16(11-12)26-4)17(24)22-23(18(21)27)14-8-6-13(20)7-9-14/h5-11H,1-4H3,(H2,21,27)(H,22,24). The Hall–Kier alpha value is -2.87. The van der Waals surface area contributed by atoms with Gasteiger partial charge in [0, 0.05) is 0 Å². The van der Waals surface area contributed by atoms with E-state index >= 15 is 0 Å². The normalized spacial score (nSPS) is 10.9. The zero-order chi connectivity index (χ0) is 20.2. The van der Waals surface area contributed by atoms with Crippen molar-refractivity contribution in [2.45, 2.75) is 19.3 Å². The Labute approximate surface area is 163 Å². The van der Waals surface area contributed by atoms with Crippen LogP contribution in [0.15, 0.2) is 42.5 Å². The summed E-state index contributed by atoms with van der Waals surface area (Å²) >= 11 is 5.02. The molecule has 0 atom stereocenters. The van der Waals surface area contributed by atoms with Gasteiger partial charge in [-0.25, -0.2) is 9.40 Å². The van der Waals surface area contributed by atoms with Crippen molar-refractivity contribution in [2.24, 2.45) is 5.73 Å². The predicted molar refractivity (Wildman–Crippen MR) is 106 cm³/mol. The molecule has 0 fully saturated rings. The molecule has 2 aromatic carbocycles. The number of amides is 1. The number of nitrogens with one attached hydrogen (secondary N) is 1. The molecule has 3 N–H and O–H groups in total. The van der Waals surface area contributed by atoms with E-state index in [-0.39, 0.29) is 11.0 Å². The average molecular weight is 391 g/mol. The van der Waals surface area contributed by atoms with E-state index in [4.69, 9.17) is 27.4 Å². The Kier molecular flexibility index (Phi) is 6.22. The third-order valence-corrected chi connectivity index (χ3v) is 4.37. The molecule has 0 radical (unpaired) electrons. The summed E-state index contributed by atoms with van der Waals surface area (Å²) in [6.45, 7) is 3.51. The number of ether oxygens (including phenoxy) is 2. The number of nitrogens with zero attached hydrogens (tertiary/aromatic N) is 1. The van der Waals surface area contributed by atoms with Crippen LogP contribution in [-0.4, -0.2) is 25.2 Å². The Morgan fingerprint density at radius 3 is 2.22 bits per heavy atom. The maximum Gasteiger partial charge on any atom is 0.248 e. The highest BCUT2D eigenvalue weighted by Gasteiger charge is 2.32. The van der Waals surface area contributed by atoms with Crippen LogP contribution in [0.1, 0.15) is 19.4 Å². The monoisotopic (exact) mass is 391 g/mol. The third kappa shape index (κ3) is 4.46. The molecule has 0 saturated carbocycles. The number of anilines is 1. The molecule has 0 aromatic heterocycles. The Morgan fingerprint density at radius 1 is 1.11 bits per heavy atom. The van der Waals surface area contributed by atoms with Gasteiger partial charge in [0.25, 0.3) is 0 Å². The highest BCUT2D eigenvalue weighted by Crippen LogP contribution is 2.33. The molecule has 2 rings (SSSR count). The molecule has 0 saturated heterocycles. The largest absolute Gasteiger partial charge is 0.493 e. The molecule has 0 spiro atoms. The van der Waals surface area contributed by atoms with Crippen molar-refractivity contribution in [1.82, 2.24) is 5.43 Å². The molecule has 0 aliphatic rings. The van der Waals surface area contributed by atoms with Gasteiger partial charge in [-0.15, -0.1) is 0 Å². The lowest BCUT2D eigenvalue weighted by molar-refractivity contribution is -0.125. The second-order valence-corrected chi connectivity index (χ2v) is 6.70. The first-order valence-electron chi connectivity index (χ1n) is 8.09. The molecular weight excluding hydrogens is 369 g/mol. The van der Waals surface area contributed by atoms with E-state index in [1.165, 1.54) is 43.5 Å². The minimum Gasteiger partial charge on any atom is -0.493 e. The van der Waals surface area contributed by atoms with Crippen molar-refractivity contribution in [3.8, 4) is 11.5 Å². The first-order valence-corrected chi connectivity index (χ1v) is 8.50. The fourth-order valence-electron chi connectivity index (χ4n) is 2.43. The molecule has 0 bridgehead atoms. The van der Waals surface area contributed by atoms with Crippen LogP contribution in [-0.2, 0) is 10.2 Å². The molecule has 0 unspecified atom stereocenters. The smallest absolute Gasteiger partial charge is 0.248 e. The van der Waals surface area contributed by atoms with Crippen molar-refractivity contribution in [1.29, 1.82) is 0 Å². The van der Waals surface area contributed by atoms with Gasteiger partial charge in [0.05, 0.1) is 25.3 Å². The summed E-state index contributed by atoms with van der Waals surface area (Å²) in [6, 6.07) is 10.7. The molecule has 2 aromatic rings. The highest BCUT2D eigenvalue weighted by atomic mass is 32.1. The number of halogens is 1. The van der Waals surface area contributed by atoms with E-state index in [1.54, 1.807) is 32.0 Å². The van der Waals surface area contributed by atoms with E-state index in [2.05, 4.69) is 5.43 Å². The summed E-state index contributed by atoms with van der Waals surface area (Å²) < 4.78 is 23.7. The van der Waals surface area contributed by atoms with Gasteiger partial charge in [-0.05, 0) is 68.0 Å². The number of carbonyl (C=O) groups excluding carboxylic acids is 1. The number of hydrogen-bond donors (Lipinski definition) is 2. The number of methoxy groups -OCH3 is 2. The lowest BCUT2D eigenvalue weighted by Crippen LogP contribution is -2.54. The van der Waals surface area contributed by atoms with Gasteiger partial charge in [0.1, 0.15) is 5.82 Å². The van der Waals surface area contributed by atoms with E-state index in [1.807, 2.05) is 0 Å². The number of carbonyl (C=O) groups is 1. The van der Waals surface area contributed by atoms with Crippen molar-refractivity contribution in [3.63, 3.8) is 0 Å². The van der Waals surface area contributed by atoms with Gasteiger partial charge in [-0.3, -0.25) is 10.2 Å². The van der Waals surface area contributed by atoms with E-state index < -0.39 is 11.2 Å². The third-order valence-electron chi connectivity index (χ3n) is 4.19. The summed E-state index contributed by atoms with van der Waals surface area (Å²) in [4.78, 5) is 13.0. The van der Waals surface area contributed by atoms with Crippen molar-refractivity contribution < 1.29 is 18.7 Å². The quantitative estimate of drug-likeness (QED) is 0.603. The minimum atomic E-state index is -0.942. The van der Waals surface area contributed by atoms with Gasteiger partial charge < -0.3 is 15.2 Å². The zero-order valence-corrected chi connectivity index (χ0v) is 16.4. The van der Waals surface area contributed by atoms with Crippen LogP contribution in [0.4, 0.5) is 10.1 Å². The predicted octanol–water partition coefficient (Wildman–Crippen LogP) is 2.90. The van der Waals surface area contributed by atoms with Gasteiger partial charge in [-0.1, -0.05) is 6.07 Å². The van der Waals surface area contributed by atoms with E-state index in [0.29, 0.717) is 22.7 Å². The van der Waals surface area contributed by atoms with Crippen LogP contribution in [0.5, 0.6) is 11.5 Å². The Bertz CT molecular complexity index is 841. The lowest BCUT2D eigenvalue weighted by atomic mass is 9.83. The van der Waals surface area contributed by atoms with E-state index in [9.17, 15) is 9.18 Å². The number of thiocarbonyl (C=S) groups is 1. The summed E-state index contributed by atoms with van der Waals surface area (Å²) in [7, 11) is 3.07. The first kappa shape index (κ1) is 20.4. The van der Waals surface area contributed by atoms with Crippen molar-refractivity contribution in [2.75, 3.05) is 19.2 Å². The molecule has 1 amide bonds. The number of benzene rings is 2. The van der Waals surface area contributed by atoms with Crippen molar-refractivity contribution in [3.05, 3.63) is 53.8 Å². The average Bonchev–Trinajstić information content (AvgIpc) is 2.65. The molecular formula is C19H22FN3O3S. The molecule has 0 aliphatic carbocycles. The van der Waals surface area contributed by atoms with Gasteiger partial charge in [0.2, 0.25) is 5.91 Å². The molecule has 6 nitrogen and oxygen atoms in total. The van der Waals surface area contributed by atoms with E-state index in [0.717, 1.165) is 0 Å². The SMILES string of the molecule is COc1ccc(C(C)(C)C(=O)NN(C(N)=S)c2ccc(F)cc2)cc1OC. The fraction of sp³-hybridized carbons (Fsp3) is 0.263. The first-order chi connectivity index (χ1) is 12.7. The topological polar surface area (TPSA) is 76.8 Å². The molecule has 0 aliphatic heterocycles. The molecule has 144 valence electrons. The second kappa shape index (κ2) is 8.22. The molecule has 8 heteroatoms. The Morgan fingerprint density at radius 2 is 1.70 bits per heavy atom. The van der Waals surface area contributed by atoms with Gasteiger partial charge in [0.15, 0.2) is 16.6 Å². The fourth-order valence-corrected chi connectivity index (χ4v) is 2.59. The number of nitrogens with two attached hydrogens (primary N) is 1. The zero-order valence-electron chi connectivity index (χ0n) is 15.6. The highest BCUT2D eigenvalue weighted by molar-refractivity contribution is 7.80. The van der Waals surface area contributed by atoms with Gasteiger partial charge >= 0.3 is 0 Å².